The third-order valence-corrected chi connectivity index (χ3v) is 4.54. The molecule has 3 rings (SSSR count). The highest BCUT2D eigenvalue weighted by atomic mass is 32.2. The third kappa shape index (κ3) is 5.60. The minimum absolute atomic E-state index is 0.0963. The highest BCUT2D eigenvalue weighted by molar-refractivity contribution is 8.18. The van der Waals surface area contributed by atoms with E-state index in [0.29, 0.717) is 16.4 Å². The van der Waals surface area contributed by atoms with Crippen LogP contribution in [0.3, 0.4) is 0 Å². The van der Waals surface area contributed by atoms with Crippen LogP contribution in [-0.2, 0) is 4.79 Å². The maximum Gasteiger partial charge on any atom is 0.290 e. The van der Waals surface area contributed by atoms with Gasteiger partial charge >= 0.3 is 0 Å². The van der Waals surface area contributed by atoms with Crippen LogP contribution >= 0.6 is 11.8 Å². The number of benzene rings is 2. The summed E-state index contributed by atoms with van der Waals surface area (Å²) in [5, 5.41) is 11.8. The molecule has 1 heterocycles. The summed E-state index contributed by atoms with van der Waals surface area (Å²) in [5.41, 5.74) is 1.92. The topological polar surface area (TPSA) is 84.9 Å². The summed E-state index contributed by atoms with van der Waals surface area (Å²) in [7, 11) is 0. The Morgan fingerprint density at radius 1 is 1.00 bits per heavy atom. The lowest BCUT2D eigenvalue weighted by molar-refractivity contribution is -0.115. The number of thioether (sulfide) groups is 1. The second kappa shape index (κ2) is 8.75. The molecule has 0 spiro atoms. The van der Waals surface area contributed by atoms with Crippen molar-refractivity contribution in [2.24, 2.45) is 0 Å². The number of rotatable bonds is 7. The zero-order valence-electron chi connectivity index (χ0n) is 14.7. The van der Waals surface area contributed by atoms with Crippen molar-refractivity contribution in [2.75, 3.05) is 13.2 Å². The number of carbonyl (C=O) groups is 2. The second-order valence-electron chi connectivity index (χ2n) is 6.01. The van der Waals surface area contributed by atoms with Crippen LogP contribution in [0.5, 0.6) is 11.5 Å². The van der Waals surface area contributed by atoms with Gasteiger partial charge in [-0.3, -0.25) is 14.9 Å². The third-order valence-electron chi connectivity index (χ3n) is 3.73. The van der Waals surface area contributed by atoms with E-state index in [-0.39, 0.29) is 24.4 Å². The molecule has 0 aliphatic carbocycles. The molecule has 2 N–H and O–H groups in total. The molecular formula is C20H19NO5S. The normalized spacial score (nSPS) is 16.3. The molecule has 7 heteroatoms. The lowest BCUT2D eigenvalue weighted by Crippen LogP contribution is -2.25. The summed E-state index contributed by atoms with van der Waals surface area (Å²) in [6.45, 7) is 2.22. The highest BCUT2D eigenvalue weighted by Gasteiger charge is 2.24. The zero-order valence-corrected chi connectivity index (χ0v) is 15.5. The summed E-state index contributed by atoms with van der Waals surface area (Å²) in [4.78, 5) is 23.0. The van der Waals surface area contributed by atoms with Crippen LogP contribution in [0.4, 0.5) is 4.79 Å². The van der Waals surface area contributed by atoms with E-state index < -0.39 is 6.10 Å². The van der Waals surface area contributed by atoms with Crippen LogP contribution in [-0.4, -0.2) is 35.6 Å². The largest absolute Gasteiger partial charge is 0.491 e. The molecule has 1 saturated heterocycles. The van der Waals surface area contributed by atoms with Gasteiger partial charge in [0.25, 0.3) is 11.1 Å². The zero-order chi connectivity index (χ0) is 19.2. The summed E-state index contributed by atoms with van der Waals surface area (Å²) in [6.07, 6.45) is 0.872. The molecule has 140 valence electrons. The fraction of sp³-hybridized carbons (Fsp3) is 0.200. The van der Waals surface area contributed by atoms with Crippen LogP contribution in [0, 0.1) is 6.92 Å². The summed E-state index contributed by atoms with van der Waals surface area (Å²) in [5.74, 6) is 0.900. The Labute approximate surface area is 161 Å². The molecule has 0 saturated carbocycles. The quantitative estimate of drug-likeness (QED) is 0.713. The van der Waals surface area contributed by atoms with E-state index in [9.17, 15) is 14.7 Å². The molecule has 1 fully saturated rings. The molecule has 27 heavy (non-hydrogen) atoms. The van der Waals surface area contributed by atoms with Crippen molar-refractivity contribution < 1.29 is 24.2 Å². The van der Waals surface area contributed by atoms with Gasteiger partial charge in [-0.2, -0.15) is 0 Å². The summed E-state index contributed by atoms with van der Waals surface area (Å²) >= 11 is 0.875. The van der Waals surface area contributed by atoms with Crippen molar-refractivity contribution in [3.63, 3.8) is 0 Å². The number of aryl methyl sites for hydroxylation is 1. The maximum absolute atomic E-state index is 11.5. The van der Waals surface area contributed by atoms with Gasteiger partial charge in [0.2, 0.25) is 0 Å². The minimum atomic E-state index is -0.766. The Hall–Kier alpha value is -2.77. The van der Waals surface area contributed by atoms with Gasteiger partial charge in [-0.25, -0.2) is 0 Å². The van der Waals surface area contributed by atoms with Crippen LogP contribution in [0.2, 0.25) is 0 Å². The number of hydrogen-bond donors (Lipinski definition) is 2. The number of hydrogen-bond acceptors (Lipinski definition) is 6. The molecule has 0 aromatic heterocycles. The fourth-order valence-electron chi connectivity index (χ4n) is 2.30. The van der Waals surface area contributed by atoms with Gasteiger partial charge < -0.3 is 14.6 Å². The smallest absolute Gasteiger partial charge is 0.290 e. The molecule has 1 aliphatic rings. The maximum atomic E-state index is 11.5. The molecule has 0 radical (unpaired) electrons. The van der Waals surface area contributed by atoms with E-state index >= 15 is 0 Å². The van der Waals surface area contributed by atoms with Gasteiger partial charge in [0.05, 0.1) is 4.91 Å². The highest BCUT2D eigenvalue weighted by Crippen LogP contribution is 2.26. The fourth-order valence-corrected chi connectivity index (χ4v) is 2.98. The first-order chi connectivity index (χ1) is 13.0. The number of amides is 2. The van der Waals surface area contributed by atoms with E-state index in [0.717, 1.165) is 22.9 Å². The first-order valence-corrected chi connectivity index (χ1v) is 9.16. The van der Waals surface area contributed by atoms with E-state index in [1.54, 1.807) is 30.3 Å². The standard InChI is InChI=1S/C20H19NO5S/c1-13-2-6-16(7-3-13)25-11-15(22)12-26-17-8-4-14(5-9-17)10-18-19(23)21-20(24)27-18/h2-10,15,22H,11-12H2,1H3,(H,21,23,24). The summed E-state index contributed by atoms with van der Waals surface area (Å²) < 4.78 is 11.1. The Morgan fingerprint density at radius 3 is 2.07 bits per heavy atom. The van der Waals surface area contributed by atoms with Crippen molar-refractivity contribution >= 4 is 29.0 Å². The molecule has 2 amide bonds. The lowest BCUT2D eigenvalue weighted by atomic mass is 10.2. The average Bonchev–Trinajstić information content (AvgIpc) is 2.97. The van der Waals surface area contributed by atoms with Crippen molar-refractivity contribution in [3.8, 4) is 11.5 Å². The van der Waals surface area contributed by atoms with Gasteiger partial charge in [-0.15, -0.1) is 0 Å². The lowest BCUT2D eigenvalue weighted by Gasteiger charge is -2.14. The van der Waals surface area contributed by atoms with Crippen LogP contribution in [0.1, 0.15) is 11.1 Å². The van der Waals surface area contributed by atoms with Crippen molar-refractivity contribution in [3.05, 3.63) is 64.6 Å². The molecule has 1 aliphatic heterocycles. The molecule has 6 nitrogen and oxygen atoms in total. The SMILES string of the molecule is Cc1ccc(OCC(O)COc2ccc(C=C3SC(=O)NC3=O)cc2)cc1. The van der Waals surface area contributed by atoms with Crippen molar-refractivity contribution in [1.82, 2.24) is 5.32 Å². The van der Waals surface area contributed by atoms with Gasteiger partial charge in [-0.05, 0) is 54.6 Å². The van der Waals surface area contributed by atoms with Gasteiger partial charge in [-0.1, -0.05) is 29.8 Å². The van der Waals surface area contributed by atoms with Gasteiger partial charge in [0, 0.05) is 0 Å². The number of carbonyl (C=O) groups excluding carboxylic acids is 2. The molecular weight excluding hydrogens is 366 g/mol. The number of nitrogens with one attached hydrogen (secondary N) is 1. The predicted molar refractivity (Wildman–Crippen MR) is 104 cm³/mol. The van der Waals surface area contributed by atoms with E-state index in [4.69, 9.17) is 9.47 Å². The van der Waals surface area contributed by atoms with Crippen molar-refractivity contribution in [2.45, 2.75) is 13.0 Å². The predicted octanol–water partition coefficient (Wildman–Crippen LogP) is 3.14. The van der Waals surface area contributed by atoms with Gasteiger partial charge in [0.1, 0.15) is 30.8 Å². The number of imide groups is 1. The van der Waals surface area contributed by atoms with E-state index in [2.05, 4.69) is 5.32 Å². The molecule has 1 unspecified atom stereocenters. The molecule has 2 aromatic rings. The van der Waals surface area contributed by atoms with Crippen LogP contribution in [0.25, 0.3) is 6.08 Å². The van der Waals surface area contributed by atoms with Crippen molar-refractivity contribution in [1.29, 1.82) is 0 Å². The van der Waals surface area contributed by atoms with Gasteiger partial charge in [0.15, 0.2) is 0 Å². The number of aliphatic hydroxyl groups is 1. The Bertz CT molecular complexity index is 846. The Balaban J connectivity index is 1.47. The average molecular weight is 385 g/mol. The first kappa shape index (κ1) is 19.0. The number of aliphatic hydroxyl groups excluding tert-OH is 1. The minimum Gasteiger partial charge on any atom is -0.491 e. The summed E-state index contributed by atoms with van der Waals surface area (Å²) in [6, 6.07) is 14.6. The van der Waals surface area contributed by atoms with Crippen LogP contribution < -0.4 is 14.8 Å². The Kier molecular flexibility index (Phi) is 6.16. The second-order valence-corrected chi connectivity index (χ2v) is 7.02. The first-order valence-electron chi connectivity index (χ1n) is 8.35. The van der Waals surface area contributed by atoms with E-state index in [1.807, 2.05) is 31.2 Å². The van der Waals surface area contributed by atoms with Crippen LogP contribution in [0.15, 0.2) is 53.4 Å². The monoisotopic (exact) mass is 385 g/mol. The molecule has 1 atom stereocenters. The molecule has 2 aromatic carbocycles. The van der Waals surface area contributed by atoms with E-state index in [1.165, 1.54) is 0 Å². The Morgan fingerprint density at radius 2 is 1.56 bits per heavy atom. The molecule has 0 bridgehead atoms. The number of ether oxygens (including phenoxy) is 2.